The number of aliphatic hydroxyl groups excluding tert-OH is 1. The Kier molecular flexibility index (Phi) is 14.4. The van der Waals surface area contributed by atoms with E-state index < -0.39 is 0 Å². The summed E-state index contributed by atoms with van der Waals surface area (Å²) in [4.78, 5) is 4.50. The summed E-state index contributed by atoms with van der Waals surface area (Å²) in [6.45, 7) is 1.20. The van der Waals surface area contributed by atoms with Gasteiger partial charge in [0.05, 0.1) is 26.4 Å². The number of ether oxygens (including phenoxy) is 1. The molecule has 0 heterocycles. The number of hydrogen-bond acceptors (Lipinski definition) is 5. The lowest BCUT2D eigenvalue weighted by molar-refractivity contribution is -0.0111. The Balaban J connectivity index is 0. The lowest BCUT2D eigenvalue weighted by Gasteiger charge is -2.00. The summed E-state index contributed by atoms with van der Waals surface area (Å²) in [5, 5.41) is 8.22. The predicted molar refractivity (Wildman–Crippen MR) is 34.8 cm³/mol. The largest absolute Gasteiger partial charge is 0.412 e. The van der Waals surface area contributed by atoms with Crippen molar-refractivity contribution in [2.75, 3.05) is 26.4 Å². The number of hydrogen-bond donors (Lipinski definition) is 3. The third-order valence-corrected chi connectivity index (χ3v) is 0.649. The molecular formula is C4H14N2O4. The van der Waals surface area contributed by atoms with Gasteiger partial charge in [-0.1, -0.05) is 0 Å². The van der Waals surface area contributed by atoms with Crippen LogP contribution in [0.2, 0.25) is 0 Å². The van der Waals surface area contributed by atoms with Crippen molar-refractivity contribution in [1.29, 1.82) is 0 Å². The SMILES string of the molecule is NNOCCOCCO.O. The van der Waals surface area contributed by atoms with Gasteiger partial charge in [-0.25, -0.2) is 5.84 Å². The molecule has 0 unspecified atom stereocenters. The third kappa shape index (κ3) is 10.7. The van der Waals surface area contributed by atoms with Gasteiger partial charge < -0.3 is 15.3 Å². The average molecular weight is 154 g/mol. The van der Waals surface area contributed by atoms with Crippen LogP contribution in [0, 0.1) is 0 Å². The minimum atomic E-state index is 0. The van der Waals surface area contributed by atoms with E-state index in [1.54, 1.807) is 0 Å². The molecule has 6 nitrogen and oxygen atoms in total. The van der Waals surface area contributed by atoms with Crippen LogP contribution in [-0.2, 0) is 9.57 Å². The highest BCUT2D eigenvalue weighted by Gasteiger charge is 1.84. The Morgan fingerprint density at radius 3 is 2.50 bits per heavy atom. The average Bonchev–Trinajstić information content (AvgIpc) is 1.89. The van der Waals surface area contributed by atoms with Crippen molar-refractivity contribution < 1.29 is 20.2 Å². The minimum absolute atomic E-state index is 0. The Morgan fingerprint density at radius 1 is 1.30 bits per heavy atom. The fourth-order valence-electron chi connectivity index (χ4n) is 0.326. The molecule has 0 atom stereocenters. The molecule has 0 spiro atoms. The molecule has 0 radical (unpaired) electrons. The summed E-state index contributed by atoms with van der Waals surface area (Å²) >= 11 is 0. The van der Waals surface area contributed by atoms with Gasteiger partial charge in [0, 0.05) is 0 Å². The van der Waals surface area contributed by atoms with E-state index in [0.717, 1.165) is 0 Å². The van der Waals surface area contributed by atoms with E-state index in [-0.39, 0.29) is 12.1 Å². The number of hydrazine groups is 1. The van der Waals surface area contributed by atoms with E-state index in [1.807, 2.05) is 5.59 Å². The van der Waals surface area contributed by atoms with E-state index in [4.69, 9.17) is 15.7 Å². The maximum Gasteiger partial charge on any atom is 0.0932 e. The van der Waals surface area contributed by atoms with E-state index in [0.29, 0.717) is 19.8 Å². The topological polar surface area (TPSA) is 108 Å². The zero-order valence-corrected chi connectivity index (χ0v) is 5.67. The van der Waals surface area contributed by atoms with Gasteiger partial charge in [-0.15, -0.1) is 5.59 Å². The Morgan fingerprint density at radius 2 is 2.00 bits per heavy atom. The molecule has 6 N–H and O–H groups in total. The molecule has 0 aliphatic rings. The van der Waals surface area contributed by atoms with Crippen molar-refractivity contribution in [2.45, 2.75) is 0 Å². The van der Waals surface area contributed by atoms with Crippen molar-refractivity contribution in [3.05, 3.63) is 0 Å². The molecular weight excluding hydrogens is 140 g/mol. The molecule has 64 valence electrons. The smallest absolute Gasteiger partial charge is 0.0932 e. The maximum absolute atomic E-state index is 8.22. The Hall–Kier alpha value is -0.240. The minimum Gasteiger partial charge on any atom is -0.412 e. The van der Waals surface area contributed by atoms with Crippen molar-refractivity contribution in [3.63, 3.8) is 0 Å². The Labute approximate surface area is 59.2 Å². The first-order chi connectivity index (χ1) is 4.41. The predicted octanol–water partition coefficient (Wildman–Crippen LogP) is -2.43. The summed E-state index contributed by atoms with van der Waals surface area (Å²) in [7, 11) is 0. The van der Waals surface area contributed by atoms with E-state index in [9.17, 15) is 0 Å². The molecule has 10 heavy (non-hydrogen) atoms. The van der Waals surface area contributed by atoms with Crippen LogP contribution in [0.3, 0.4) is 0 Å². The highest BCUT2D eigenvalue weighted by molar-refractivity contribution is 4.26. The van der Waals surface area contributed by atoms with Crippen molar-refractivity contribution in [2.24, 2.45) is 5.84 Å². The van der Waals surface area contributed by atoms with Gasteiger partial charge in [0.1, 0.15) is 0 Å². The van der Waals surface area contributed by atoms with Gasteiger partial charge in [0.2, 0.25) is 0 Å². The molecule has 0 amide bonds. The highest BCUT2D eigenvalue weighted by Crippen LogP contribution is 1.72. The van der Waals surface area contributed by atoms with Crippen LogP contribution in [0.25, 0.3) is 0 Å². The third-order valence-electron chi connectivity index (χ3n) is 0.649. The van der Waals surface area contributed by atoms with Crippen LogP contribution in [0.4, 0.5) is 0 Å². The molecule has 6 heteroatoms. The summed E-state index contributed by atoms with van der Waals surface area (Å²) in [5.41, 5.74) is 2.00. The summed E-state index contributed by atoms with van der Waals surface area (Å²) in [5.74, 6) is 4.77. The molecule has 0 aromatic carbocycles. The molecule has 0 saturated heterocycles. The fraction of sp³-hybridized carbons (Fsp3) is 1.00. The molecule has 0 saturated carbocycles. The second-order valence-corrected chi connectivity index (χ2v) is 1.30. The van der Waals surface area contributed by atoms with Crippen LogP contribution in [-0.4, -0.2) is 37.0 Å². The summed E-state index contributed by atoms with van der Waals surface area (Å²) in [6, 6.07) is 0. The normalized spacial score (nSPS) is 9.00. The first kappa shape index (κ1) is 12.4. The van der Waals surface area contributed by atoms with Gasteiger partial charge in [-0.2, -0.15) is 0 Å². The quantitative estimate of drug-likeness (QED) is 0.224. The number of nitrogens with two attached hydrogens (primary N) is 1. The Bertz CT molecular complexity index is 48.5. The fourth-order valence-corrected chi connectivity index (χ4v) is 0.326. The summed E-state index contributed by atoms with van der Waals surface area (Å²) < 4.78 is 4.81. The second kappa shape index (κ2) is 11.5. The highest BCUT2D eigenvalue weighted by atomic mass is 16.7. The van der Waals surface area contributed by atoms with Crippen LogP contribution in [0.15, 0.2) is 0 Å². The monoisotopic (exact) mass is 154 g/mol. The molecule has 0 fully saturated rings. The molecule has 0 rings (SSSR count). The van der Waals surface area contributed by atoms with Gasteiger partial charge in [-0.3, -0.25) is 4.84 Å². The first-order valence-corrected chi connectivity index (χ1v) is 2.68. The van der Waals surface area contributed by atoms with Crippen LogP contribution >= 0.6 is 0 Å². The van der Waals surface area contributed by atoms with Crippen LogP contribution < -0.4 is 11.4 Å². The molecule has 0 aromatic heterocycles. The number of nitrogens with one attached hydrogen (secondary N) is 1. The van der Waals surface area contributed by atoms with Crippen LogP contribution in [0.5, 0.6) is 0 Å². The van der Waals surface area contributed by atoms with Crippen molar-refractivity contribution >= 4 is 0 Å². The zero-order chi connectivity index (χ0) is 6.95. The van der Waals surface area contributed by atoms with Gasteiger partial charge in [-0.05, 0) is 0 Å². The maximum atomic E-state index is 8.22. The van der Waals surface area contributed by atoms with E-state index in [1.165, 1.54) is 0 Å². The molecule has 0 bridgehead atoms. The van der Waals surface area contributed by atoms with E-state index in [2.05, 4.69) is 4.84 Å². The lowest BCUT2D eigenvalue weighted by atomic mass is 10.7. The van der Waals surface area contributed by atoms with Gasteiger partial charge in [0.15, 0.2) is 0 Å². The van der Waals surface area contributed by atoms with Crippen LogP contribution in [0.1, 0.15) is 0 Å². The molecule has 0 aliphatic heterocycles. The zero-order valence-electron chi connectivity index (χ0n) is 5.67. The first-order valence-electron chi connectivity index (χ1n) is 2.68. The van der Waals surface area contributed by atoms with Crippen molar-refractivity contribution in [1.82, 2.24) is 5.59 Å². The van der Waals surface area contributed by atoms with Gasteiger partial charge in [0.25, 0.3) is 0 Å². The van der Waals surface area contributed by atoms with Gasteiger partial charge >= 0.3 is 0 Å². The standard InChI is InChI=1S/C4H12N2O3.H2O/c5-6-9-4-3-8-2-1-7;/h6-7H,1-5H2;1H2. The molecule has 0 aliphatic carbocycles. The summed E-state index contributed by atoms with van der Waals surface area (Å²) in [6.07, 6.45) is 0. The molecule has 0 aromatic rings. The van der Waals surface area contributed by atoms with E-state index >= 15 is 0 Å². The lowest BCUT2D eigenvalue weighted by Crippen LogP contribution is -2.24. The second-order valence-electron chi connectivity index (χ2n) is 1.30. The number of aliphatic hydroxyl groups is 1. The van der Waals surface area contributed by atoms with Crippen molar-refractivity contribution in [3.8, 4) is 0 Å². The number of rotatable bonds is 6.